The third kappa shape index (κ3) is 6.11. The summed E-state index contributed by atoms with van der Waals surface area (Å²) >= 11 is 0. The summed E-state index contributed by atoms with van der Waals surface area (Å²) < 4.78 is 40.2. The Morgan fingerprint density at radius 2 is 1.71 bits per heavy atom. The molecule has 1 aliphatic carbocycles. The summed E-state index contributed by atoms with van der Waals surface area (Å²) in [5.74, 6) is -0.759. The van der Waals surface area contributed by atoms with Crippen LogP contribution in [0.15, 0.2) is 47.4 Å². The maximum atomic E-state index is 13.3. The molecule has 1 aliphatic rings. The average molecular weight is 448 g/mol. The number of aryl methyl sites for hydroxylation is 1. The normalized spacial score (nSPS) is 14.4. The van der Waals surface area contributed by atoms with Crippen molar-refractivity contribution in [2.75, 3.05) is 18.4 Å². The van der Waals surface area contributed by atoms with E-state index in [0.29, 0.717) is 11.3 Å². The summed E-state index contributed by atoms with van der Waals surface area (Å²) in [6.07, 6.45) is 3.99. The molecule has 9 heteroatoms. The summed E-state index contributed by atoms with van der Waals surface area (Å²) in [5, 5.41) is 5.51. The van der Waals surface area contributed by atoms with E-state index >= 15 is 0 Å². The maximum absolute atomic E-state index is 13.3. The van der Waals surface area contributed by atoms with Crippen LogP contribution in [0.1, 0.15) is 41.6 Å². The van der Waals surface area contributed by atoms with Crippen LogP contribution in [0.5, 0.6) is 0 Å². The van der Waals surface area contributed by atoms with Gasteiger partial charge in [-0.1, -0.05) is 12.8 Å². The molecule has 0 aliphatic heterocycles. The first-order valence-electron chi connectivity index (χ1n) is 10.2. The quantitative estimate of drug-likeness (QED) is 0.541. The Morgan fingerprint density at radius 3 is 2.35 bits per heavy atom. The lowest BCUT2D eigenvalue weighted by Gasteiger charge is -2.11. The molecule has 3 rings (SSSR count). The minimum absolute atomic E-state index is 0.0123. The number of anilines is 1. The van der Waals surface area contributed by atoms with Crippen LogP contribution in [0.4, 0.5) is 10.1 Å². The summed E-state index contributed by atoms with van der Waals surface area (Å²) in [7, 11) is -3.79. The predicted octanol–water partition coefficient (Wildman–Crippen LogP) is 2.97. The number of nitrogens with one attached hydrogen (secondary N) is 3. The van der Waals surface area contributed by atoms with Gasteiger partial charge in [0.05, 0.1) is 4.90 Å². The highest BCUT2D eigenvalue weighted by Crippen LogP contribution is 2.26. The van der Waals surface area contributed by atoms with Crippen molar-refractivity contribution < 1.29 is 22.4 Å². The molecule has 0 bridgehead atoms. The fourth-order valence-electron chi connectivity index (χ4n) is 3.47. The van der Waals surface area contributed by atoms with E-state index in [9.17, 15) is 22.4 Å². The SMILES string of the molecule is Cc1cc(S(=O)(=O)NCCNC(=O)c2ccc(NC(=O)C3CCCC3)cc2)ccc1F. The molecule has 166 valence electrons. The molecule has 0 unspecified atom stereocenters. The third-order valence-corrected chi connectivity index (χ3v) is 6.74. The second kappa shape index (κ2) is 10.0. The first kappa shape index (κ1) is 22.9. The summed E-state index contributed by atoms with van der Waals surface area (Å²) in [5.41, 5.74) is 1.27. The van der Waals surface area contributed by atoms with Gasteiger partial charge in [-0.15, -0.1) is 0 Å². The van der Waals surface area contributed by atoms with Crippen molar-refractivity contribution in [3.8, 4) is 0 Å². The van der Waals surface area contributed by atoms with Crippen LogP contribution in [0.3, 0.4) is 0 Å². The smallest absolute Gasteiger partial charge is 0.251 e. The second-order valence-electron chi connectivity index (χ2n) is 7.61. The lowest BCUT2D eigenvalue weighted by atomic mass is 10.1. The van der Waals surface area contributed by atoms with Crippen molar-refractivity contribution in [1.82, 2.24) is 10.0 Å². The van der Waals surface area contributed by atoms with E-state index in [0.717, 1.165) is 31.7 Å². The highest BCUT2D eigenvalue weighted by molar-refractivity contribution is 7.89. The molecule has 2 aromatic rings. The Bertz CT molecular complexity index is 1050. The molecule has 31 heavy (non-hydrogen) atoms. The molecule has 0 spiro atoms. The van der Waals surface area contributed by atoms with Crippen LogP contribution in [0.25, 0.3) is 0 Å². The first-order valence-corrected chi connectivity index (χ1v) is 11.7. The largest absolute Gasteiger partial charge is 0.351 e. The maximum Gasteiger partial charge on any atom is 0.251 e. The van der Waals surface area contributed by atoms with Gasteiger partial charge in [0.2, 0.25) is 15.9 Å². The van der Waals surface area contributed by atoms with Gasteiger partial charge in [0, 0.05) is 30.3 Å². The van der Waals surface area contributed by atoms with Gasteiger partial charge < -0.3 is 10.6 Å². The van der Waals surface area contributed by atoms with Crippen molar-refractivity contribution in [2.24, 2.45) is 5.92 Å². The first-order chi connectivity index (χ1) is 14.8. The molecule has 3 N–H and O–H groups in total. The van der Waals surface area contributed by atoms with Crippen LogP contribution in [0.2, 0.25) is 0 Å². The monoisotopic (exact) mass is 447 g/mol. The Hall–Kier alpha value is -2.78. The molecule has 2 aromatic carbocycles. The molecule has 1 saturated carbocycles. The van der Waals surface area contributed by atoms with Crippen LogP contribution in [-0.4, -0.2) is 33.3 Å². The zero-order chi connectivity index (χ0) is 22.4. The zero-order valence-electron chi connectivity index (χ0n) is 17.3. The van der Waals surface area contributed by atoms with E-state index in [4.69, 9.17) is 0 Å². The highest BCUT2D eigenvalue weighted by Gasteiger charge is 2.22. The fourth-order valence-corrected chi connectivity index (χ4v) is 4.58. The molecule has 0 saturated heterocycles. The molecule has 2 amide bonds. The number of rotatable bonds is 8. The van der Waals surface area contributed by atoms with Gasteiger partial charge in [-0.25, -0.2) is 17.5 Å². The summed E-state index contributed by atoms with van der Waals surface area (Å²) in [6, 6.07) is 10.1. The fraction of sp³-hybridized carbons (Fsp3) is 0.364. The number of carbonyl (C=O) groups excluding carboxylic acids is 2. The lowest BCUT2D eigenvalue weighted by molar-refractivity contribution is -0.119. The molecular formula is C22H26FN3O4S. The lowest BCUT2D eigenvalue weighted by Crippen LogP contribution is -2.34. The molecule has 0 atom stereocenters. The Labute approximate surface area is 181 Å². The number of amides is 2. The minimum atomic E-state index is -3.79. The predicted molar refractivity (Wildman–Crippen MR) is 116 cm³/mol. The number of carbonyl (C=O) groups is 2. The third-order valence-electron chi connectivity index (χ3n) is 5.28. The van der Waals surface area contributed by atoms with Gasteiger partial charge in [0.25, 0.3) is 5.91 Å². The molecule has 0 radical (unpaired) electrons. The van der Waals surface area contributed by atoms with Gasteiger partial charge in [-0.3, -0.25) is 9.59 Å². The highest BCUT2D eigenvalue weighted by atomic mass is 32.2. The van der Waals surface area contributed by atoms with Gasteiger partial charge in [-0.05, 0) is 67.8 Å². The van der Waals surface area contributed by atoms with Gasteiger partial charge in [0.1, 0.15) is 5.82 Å². The number of benzene rings is 2. The molecule has 0 aromatic heterocycles. The average Bonchev–Trinajstić information content (AvgIpc) is 3.28. The number of hydrogen-bond donors (Lipinski definition) is 3. The number of hydrogen-bond acceptors (Lipinski definition) is 4. The zero-order valence-corrected chi connectivity index (χ0v) is 18.1. The van der Waals surface area contributed by atoms with Crippen LogP contribution in [0, 0.1) is 18.7 Å². The van der Waals surface area contributed by atoms with Crippen molar-refractivity contribution in [3.05, 3.63) is 59.4 Å². The summed E-state index contributed by atoms with van der Waals surface area (Å²) in [6.45, 7) is 1.55. The summed E-state index contributed by atoms with van der Waals surface area (Å²) in [4.78, 5) is 24.4. The van der Waals surface area contributed by atoms with Crippen molar-refractivity contribution in [2.45, 2.75) is 37.5 Å². The molecule has 0 heterocycles. The topological polar surface area (TPSA) is 104 Å². The van der Waals surface area contributed by atoms with E-state index < -0.39 is 15.8 Å². The molecule has 1 fully saturated rings. The standard InChI is InChI=1S/C22H26FN3O4S/c1-15-14-19(10-11-20(15)23)31(29,30)25-13-12-24-21(27)17-6-8-18(9-7-17)26-22(28)16-4-2-3-5-16/h6-11,14,16,25H,2-5,12-13H2,1H3,(H,24,27)(H,26,28). The van der Waals surface area contributed by atoms with E-state index in [2.05, 4.69) is 15.4 Å². The van der Waals surface area contributed by atoms with Crippen molar-refractivity contribution >= 4 is 27.5 Å². The Balaban J connectivity index is 1.46. The van der Waals surface area contributed by atoms with E-state index in [-0.39, 0.29) is 41.3 Å². The second-order valence-corrected chi connectivity index (χ2v) is 9.38. The van der Waals surface area contributed by atoms with Crippen LogP contribution < -0.4 is 15.4 Å². The van der Waals surface area contributed by atoms with E-state index in [1.165, 1.54) is 19.1 Å². The number of halogens is 1. The van der Waals surface area contributed by atoms with E-state index in [1.54, 1.807) is 24.3 Å². The molecule has 7 nitrogen and oxygen atoms in total. The Kier molecular flexibility index (Phi) is 7.40. The Morgan fingerprint density at radius 1 is 1.03 bits per heavy atom. The van der Waals surface area contributed by atoms with Crippen LogP contribution in [-0.2, 0) is 14.8 Å². The van der Waals surface area contributed by atoms with Crippen LogP contribution >= 0.6 is 0 Å². The number of sulfonamides is 1. The van der Waals surface area contributed by atoms with Gasteiger partial charge in [-0.2, -0.15) is 0 Å². The van der Waals surface area contributed by atoms with Gasteiger partial charge in [0.15, 0.2) is 0 Å². The van der Waals surface area contributed by atoms with Gasteiger partial charge >= 0.3 is 0 Å². The van der Waals surface area contributed by atoms with Crippen molar-refractivity contribution in [3.63, 3.8) is 0 Å². The molecular weight excluding hydrogens is 421 g/mol. The van der Waals surface area contributed by atoms with E-state index in [1.807, 2.05) is 0 Å². The minimum Gasteiger partial charge on any atom is -0.351 e. The van der Waals surface area contributed by atoms with Crippen molar-refractivity contribution in [1.29, 1.82) is 0 Å².